The van der Waals surface area contributed by atoms with Gasteiger partial charge in [0.2, 0.25) is 0 Å². The number of nitrogens with zero attached hydrogens (tertiary/aromatic N) is 2. The van der Waals surface area contributed by atoms with E-state index in [9.17, 15) is 4.79 Å². The van der Waals surface area contributed by atoms with Crippen LogP contribution in [0.5, 0.6) is 0 Å². The lowest BCUT2D eigenvalue weighted by Gasteiger charge is -2.41. The number of carbonyl (C=O) groups excluding carboxylic acids is 1. The predicted molar refractivity (Wildman–Crippen MR) is 121 cm³/mol. The van der Waals surface area contributed by atoms with Gasteiger partial charge in [0.1, 0.15) is 0 Å². The van der Waals surface area contributed by atoms with E-state index in [1.54, 1.807) is 0 Å². The Morgan fingerprint density at radius 2 is 1.53 bits per heavy atom. The first kappa shape index (κ1) is 19.1. The van der Waals surface area contributed by atoms with E-state index >= 15 is 0 Å². The molecule has 1 atom stereocenters. The Labute approximate surface area is 178 Å². The summed E-state index contributed by atoms with van der Waals surface area (Å²) in [6, 6.07) is 27.5. The summed E-state index contributed by atoms with van der Waals surface area (Å²) in [5.74, 6) is 0.163. The molecule has 1 saturated heterocycles. The molecule has 1 amide bonds. The summed E-state index contributed by atoms with van der Waals surface area (Å²) >= 11 is 0. The maximum atomic E-state index is 13.5. The molecule has 0 aromatic heterocycles. The fourth-order valence-electron chi connectivity index (χ4n) is 4.98. The molecule has 0 spiro atoms. The number of hydrogen-bond acceptors (Lipinski definition) is 2. The third kappa shape index (κ3) is 3.78. The number of hydrogen-bond donors (Lipinski definition) is 0. The third-order valence-corrected chi connectivity index (χ3v) is 6.60. The molecule has 3 aromatic rings. The lowest BCUT2D eigenvalue weighted by molar-refractivity contribution is 0.0549. The molecule has 3 aromatic carbocycles. The minimum Gasteiger partial charge on any atom is -0.337 e. The van der Waals surface area contributed by atoms with Crippen LogP contribution in [0.4, 0.5) is 0 Å². The smallest absolute Gasteiger partial charge is 0.254 e. The van der Waals surface area contributed by atoms with E-state index in [0.29, 0.717) is 6.04 Å². The van der Waals surface area contributed by atoms with E-state index in [2.05, 4.69) is 52.3 Å². The highest BCUT2D eigenvalue weighted by atomic mass is 16.2. The van der Waals surface area contributed by atoms with Gasteiger partial charge in [-0.2, -0.15) is 0 Å². The van der Waals surface area contributed by atoms with Gasteiger partial charge in [0.25, 0.3) is 5.91 Å². The molecule has 2 aliphatic heterocycles. The minimum absolute atomic E-state index is 0.163. The first-order valence-corrected chi connectivity index (χ1v) is 11.0. The van der Waals surface area contributed by atoms with Gasteiger partial charge >= 0.3 is 0 Å². The van der Waals surface area contributed by atoms with Gasteiger partial charge in [-0.15, -0.1) is 0 Å². The van der Waals surface area contributed by atoms with E-state index in [4.69, 9.17) is 0 Å². The van der Waals surface area contributed by atoms with Crippen molar-refractivity contribution in [2.45, 2.75) is 31.8 Å². The summed E-state index contributed by atoms with van der Waals surface area (Å²) in [6.07, 6.45) is 3.35. The van der Waals surface area contributed by atoms with Crippen LogP contribution in [0.2, 0.25) is 0 Å². The number of piperidine rings is 1. The van der Waals surface area contributed by atoms with E-state index in [1.807, 2.05) is 36.4 Å². The van der Waals surface area contributed by atoms with Crippen molar-refractivity contribution in [1.29, 1.82) is 0 Å². The average molecular weight is 397 g/mol. The molecule has 5 rings (SSSR count). The molecule has 0 aliphatic carbocycles. The van der Waals surface area contributed by atoms with E-state index in [0.717, 1.165) is 55.7 Å². The Bertz CT molecular complexity index is 1030. The SMILES string of the molecule is O=C(c1ccccc1-c1ccccc1)N1CCC[C@@H](N2CCc3ccccc3C2)C1. The topological polar surface area (TPSA) is 23.6 Å². The van der Waals surface area contributed by atoms with E-state index < -0.39 is 0 Å². The van der Waals surface area contributed by atoms with Gasteiger partial charge < -0.3 is 4.90 Å². The molecular weight excluding hydrogens is 368 g/mol. The van der Waals surface area contributed by atoms with Gasteiger partial charge in [0.15, 0.2) is 0 Å². The molecule has 0 N–H and O–H groups in total. The zero-order chi connectivity index (χ0) is 20.3. The molecule has 2 heterocycles. The number of benzene rings is 3. The van der Waals surface area contributed by atoms with Crippen LogP contribution >= 0.6 is 0 Å². The Hall–Kier alpha value is -2.91. The fourth-order valence-corrected chi connectivity index (χ4v) is 4.98. The van der Waals surface area contributed by atoms with Crippen LogP contribution in [0.1, 0.15) is 34.3 Å². The Morgan fingerprint density at radius 3 is 2.40 bits per heavy atom. The van der Waals surface area contributed by atoms with Crippen molar-refractivity contribution in [3.8, 4) is 11.1 Å². The van der Waals surface area contributed by atoms with Crippen molar-refractivity contribution < 1.29 is 4.79 Å². The average Bonchev–Trinajstić information content (AvgIpc) is 2.84. The molecule has 152 valence electrons. The standard InChI is InChI=1S/C27H28N2O/c30-27(26-15-7-6-14-25(26)22-10-2-1-3-11-22)29-17-8-13-24(20-29)28-18-16-21-9-4-5-12-23(21)19-28/h1-7,9-12,14-15,24H,8,13,16-20H2/t24-/m1/s1. The minimum atomic E-state index is 0.163. The zero-order valence-corrected chi connectivity index (χ0v) is 17.3. The van der Waals surface area contributed by atoms with E-state index in [1.165, 1.54) is 17.5 Å². The van der Waals surface area contributed by atoms with Gasteiger partial charge in [0.05, 0.1) is 0 Å². The van der Waals surface area contributed by atoms with Crippen LogP contribution in [0.3, 0.4) is 0 Å². The Balaban J connectivity index is 1.34. The maximum absolute atomic E-state index is 13.5. The zero-order valence-electron chi connectivity index (χ0n) is 17.3. The van der Waals surface area contributed by atoms with Crippen LogP contribution in [0.25, 0.3) is 11.1 Å². The van der Waals surface area contributed by atoms with Crippen molar-refractivity contribution in [2.75, 3.05) is 19.6 Å². The monoisotopic (exact) mass is 396 g/mol. The second-order valence-corrected chi connectivity index (χ2v) is 8.45. The summed E-state index contributed by atoms with van der Waals surface area (Å²) in [5, 5.41) is 0. The lowest BCUT2D eigenvalue weighted by Crippen LogP contribution is -2.51. The molecule has 0 radical (unpaired) electrons. The third-order valence-electron chi connectivity index (χ3n) is 6.60. The normalized spacial score (nSPS) is 19.3. The first-order valence-electron chi connectivity index (χ1n) is 11.0. The molecule has 1 fully saturated rings. The highest BCUT2D eigenvalue weighted by Crippen LogP contribution is 2.28. The number of likely N-dealkylation sites (tertiary alicyclic amines) is 1. The van der Waals surface area contributed by atoms with E-state index in [-0.39, 0.29) is 5.91 Å². The van der Waals surface area contributed by atoms with Gasteiger partial charge in [-0.1, -0.05) is 72.8 Å². The van der Waals surface area contributed by atoms with Gasteiger partial charge in [-0.25, -0.2) is 0 Å². The Kier molecular flexibility index (Phi) is 5.37. The molecule has 0 bridgehead atoms. The van der Waals surface area contributed by atoms with Crippen LogP contribution < -0.4 is 0 Å². The van der Waals surface area contributed by atoms with Crippen LogP contribution in [0, 0.1) is 0 Å². The largest absolute Gasteiger partial charge is 0.337 e. The summed E-state index contributed by atoms with van der Waals surface area (Å²) in [7, 11) is 0. The number of rotatable bonds is 3. The van der Waals surface area contributed by atoms with Crippen molar-refractivity contribution in [1.82, 2.24) is 9.80 Å². The van der Waals surface area contributed by atoms with Crippen molar-refractivity contribution in [2.24, 2.45) is 0 Å². The maximum Gasteiger partial charge on any atom is 0.254 e. The van der Waals surface area contributed by atoms with Crippen LogP contribution in [-0.4, -0.2) is 41.4 Å². The second kappa shape index (κ2) is 8.45. The van der Waals surface area contributed by atoms with Crippen molar-refractivity contribution in [3.63, 3.8) is 0 Å². The summed E-state index contributed by atoms with van der Waals surface area (Å²) in [5.41, 5.74) is 5.86. The molecule has 0 unspecified atom stereocenters. The van der Waals surface area contributed by atoms with Crippen molar-refractivity contribution in [3.05, 3.63) is 95.6 Å². The van der Waals surface area contributed by atoms with Gasteiger partial charge in [0, 0.05) is 37.8 Å². The lowest BCUT2D eigenvalue weighted by atomic mass is 9.95. The molecular formula is C27H28N2O. The number of amides is 1. The highest BCUT2D eigenvalue weighted by molar-refractivity contribution is 6.01. The summed E-state index contributed by atoms with van der Waals surface area (Å²) < 4.78 is 0. The highest BCUT2D eigenvalue weighted by Gasteiger charge is 2.30. The molecule has 2 aliphatic rings. The quantitative estimate of drug-likeness (QED) is 0.621. The van der Waals surface area contributed by atoms with Gasteiger partial charge in [-0.05, 0) is 47.6 Å². The summed E-state index contributed by atoms with van der Waals surface area (Å²) in [4.78, 5) is 18.2. The molecule has 0 saturated carbocycles. The first-order chi connectivity index (χ1) is 14.8. The predicted octanol–water partition coefficient (Wildman–Crippen LogP) is 5.02. The van der Waals surface area contributed by atoms with Crippen LogP contribution in [-0.2, 0) is 13.0 Å². The Morgan fingerprint density at radius 1 is 0.800 bits per heavy atom. The number of fused-ring (bicyclic) bond motifs is 1. The second-order valence-electron chi connectivity index (χ2n) is 8.45. The molecule has 30 heavy (non-hydrogen) atoms. The number of carbonyl (C=O) groups is 1. The van der Waals surface area contributed by atoms with Gasteiger partial charge in [-0.3, -0.25) is 9.69 Å². The van der Waals surface area contributed by atoms with Crippen LogP contribution in [0.15, 0.2) is 78.9 Å². The molecule has 3 nitrogen and oxygen atoms in total. The molecule has 3 heteroatoms. The fraction of sp³-hybridized carbons (Fsp3) is 0.296. The summed E-state index contributed by atoms with van der Waals surface area (Å²) in [6.45, 7) is 3.76. The van der Waals surface area contributed by atoms with Crippen molar-refractivity contribution >= 4 is 5.91 Å².